The lowest BCUT2D eigenvalue weighted by Gasteiger charge is -2.15. The summed E-state index contributed by atoms with van der Waals surface area (Å²) in [6.45, 7) is 3.33. The molecule has 1 heterocycles. The number of nitrogens with one attached hydrogen (secondary N) is 1. The first-order chi connectivity index (χ1) is 6.65. The number of aliphatic hydroxyl groups is 1. The van der Waals surface area contributed by atoms with E-state index in [9.17, 15) is 9.32 Å². The largest absolute Gasteiger partial charge is 0.386 e. The van der Waals surface area contributed by atoms with Crippen molar-refractivity contribution in [3.8, 4) is 0 Å². The van der Waals surface area contributed by atoms with Gasteiger partial charge in [0.2, 0.25) is 0 Å². The Labute approximate surface area is 94.7 Å². The summed E-state index contributed by atoms with van der Waals surface area (Å²) in [6.07, 6.45) is 0. The second-order valence-electron chi connectivity index (χ2n) is 4.05. The molecule has 2 N–H and O–H groups in total. The van der Waals surface area contributed by atoms with Crippen LogP contribution < -0.4 is 0 Å². The van der Waals surface area contributed by atoms with Crippen LogP contribution in [0, 0.1) is 4.78 Å². The van der Waals surface area contributed by atoms with Gasteiger partial charge in [0, 0.05) is 14.1 Å². The van der Waals surface area contributed by atoms with E-state index in [1.54, 1.807) is 39.4 Å². The van der Waals surface area contributed by atoms with Crippen LogP contribution in [0.5, 0.6) is 0 Å². The molecule has 0 radical (unpaired) electrons. The number of hydrogen-bond acceptors (Lipinski definition) is 4. The lowest BCUT2D eigenvalue weighted by Crippen LogP contribution is -2.20. The summed E-state index contributed by atoms with van der Waals surface area (Å²) in [5, 5.41) is 11.5. The number of rotatable bonds is 3. The fourth-order valence-corrected chi connectivity index (χ4v) is 3.52. The Morgan fingerprint density at radius 1 is 1.53 bits per heavy atom. The van der Waals surface area contributed by atoms with Gasteiger partial charge in [0.15, 0.2) is 0 Å². The van der Waals surface area contributed by atoms with Crippen molar-refractivity contribution in [1.29, 1.82) is 4.78 Å². The first-order valence-electron chi connectivity index (χ1n) is 4.43. The minimum atomic E-state index is -2.88. The summed E-state index contributed by atoms with van der Waals surface area (Å²) in [4.78, 5) is 0. The first kappa shape index (κ1) is 12.6. The smallest absolute Gasteiger partial charge is 0.146 e. The second-order valence-corrected chi connectivity index (χ2v) is 7.44. The molecule has 0 aliphatic rings. The molecule has 0 fully saturated rings. The standard InChI is InChI=1S/C9H16N2O2S2/c1-9(2,12)7-5-8(14-6-7)15(10,13)11(3)4/h5-6,10,12H,1-4H3. The molecular weight excluding hydrogens is 232 g/mol. The molecule has 1 rings (SSSR count). The number of hydrogen-bond donors (Lipinski definition) is 2. The van der Waals surface area contributed by atoms with E-state index in [-0.39, 0.29) is 0 Å². The van der Waals surface area contributed by atoms with E-state index in [1.165, 1.54) is 15.6 Å². The molecule has 0 aliphatic carbocycles. The van der Waals surface area contributed by atoms with Crippen LogP contribution in [0.4, 0.5) is 0 Å². The summed E-state index contributed by atoms with van der Waals surface area (Å²) in [7, 11) is 0.344. The Balaban J connectivity index is 3.16. The maximum absolute atomic E-state index is 11.9. The van der Waals surface area contributed by atoms with Gasteiger partial charge in [-0.25, -0.2) is 13.3 Å². The predicted molar refractivity (Wildman–Crippen MR) is 62.4 cm³/mol. The molecule has 0 spiro atoms. The molecule has 15 heavy (non-hydrogen) atoms. The molecule has 0 saturated heterocycles. The van der Waals surface area contributed by atoms with Crippen LogP contribution in [0.15, 0.2) is 15.7 Å². The van der Waals surface area contributed by atoms with Crippen molar-refractivity contribution >= 4 is 21.3 Å². The van der Waals surface area contributed by atoms with E-state index in [0.29, 0.717) is 9.77 Å². The van der Waals surface area contributed by atoms with E-state index in [0.717, 1.165) is 0 Å². The Morgan fingerprint density at radius 3 is 2.40 bits per heavy atom. The lowest BCUT2D eigenvalue weighted by molar-refractivity contribution is 0.0789. The highest BCUT2D eigenvalue weighted by molar-refractivity contribution is 7.92. The van der Waals surface area contributed by atoms with Crippen LogP contribution in [-0.4, -0.2) is 27.7 Å². The quantitative estimate of drug-likeness (QED) is 0.857. The summed E-state index contributed by atoms with van der Waals surface area (Å²) >= 11 is 1.25. The molecule has 0 saturated carbocycles. The normalized spacial score (nSPS) is 16.7. The van der Waals surface area contributed by atoms with Crippen LogP contribution in [0.1, 0.15) is 19.4 Å². The molecule has 1 unspecified atom stereocenters. The fourth-order valence-electron chi connectivity index (χ4n) is 0.962. The Morgan fingerprint density at radius 2 is 2.07 bits per heavy atom. The zero-order valence-electron chi connectivity index (χ0n) is 9.27. The topological polar surface area (TPSA) is 64.4 Å². The first-order valence-corrected chi connectivity index (χ1v) is 6.83. The summed E-state index contributed by atoms with van der Waals surface area (Å²) in [5.74, 6) is 0. The Kier molecular flexibility index (Phi) is 3.25. The molecule has 0 bridgehead atoms. The third-order valence-corrected chi connectivity index (χ3v) is 5.45. The summed E-state index contributed by atoms with van der Waals surface area (Å²) < 4.78 is 21.5. The van der Waals surface area contributed by atoms with Crippen LogP contribution in [0.25, 0.3) is 0 Å². The van der Waals surface area contributed by atoms with Crippen molar-refractivity contribution < 1.29 is 9.32 Å². The minimum Gasteiger partial charge on any atom is -0.386 e. The van der Waals surface area contributed by atoms with E-state index in [2.05, 4.69) is 0 Å². The highest BCUT2D eigenvalue weighted by atomic mass is 32.2. The molecule has 1 aromatic rings. The van der Waals surface area contributed by atoms with Crippen molar-refractivity contribution in [2.75, 3.05) is 14.1 Å². The average Bonchev–Trinajstić information content (AvgIpc) is 2.50. The Bertz CT molecular complexity index is 441. The lowest BCUT2D eigenvalue weighted by atomic mass is 10.0. The average molecular weight is 248 g/mol. The maximum atomic E-state index is 11.9. The van der Waals surface area contributed by atoms with Crippen molar-refractivity contribution in [1.82, 2.24) is 4.31 Å². The van der Waals surface area contributed by atoms with E-state index in [4.69, 9.17) is 4.78 Å². The molecule has 1 atom stereocenters. The molecule has 1 aromatic heterocycles. The molecule has 6 heteroatoms. The van der Waals surface area contributed by atoms with Gasteiger partial charge in [0.05, 0.1) is 5.60 Å². The molecule has 4 nitrogen and oxygen atoms in total. The van der Waals surface area contributed by atoms with Gasteiger partial charge in [0.25, 0.3) is 0 Å². The van der Waals surface area contributed by atoms with E-state index in [1.807, 2.05) is 0 Å². The number of nitrogens with zero attached hydrogens (tertiary/aromatic N) is 1. The van der Waals surface area contributed by atoms with Crippen molar-refractivity contribution in [3.05, 3.63) is 17.0 Å². The van der Waals surface area contributed by atoms with Gasteiger partial charge in [-0.3, -0.25) is 0 Å². The van der Waals surface area contributed by atoms with E-state index < -0.39 is 15.5 Å². The highest BCUT2D eigenvalue weighted by Gasteiger charge is 2.22. The minimum absolute atomic E-state index is 0.477. The molecular formula is C9H16N2O2S2. The van der Waals surface area contributed by atoms with Crippen LogP contribution >= 0.6 is 11.3 Å². The van der Waals surface area contributed by atoms with Gasteiger partial charge in [-0.2, -0.15) is 0 Å². The van der Waals surface area contributed by atoms with Gasteiger partial charge in [-0.05, 0) is 30.9 Å². The molecule has 0 amide bonds. The Hall–Kier alpha value is -0.430. The van der Waals surface area contributed by atoms with Gasteiger partial charge in [0.1, 0.15) is 14.1 Å². The summed E-state index contributed by atoms with van der Waals surface area (Å²) in [6, 6.07) is 1.64. The van der Waals surface area contributed by atoms with Crippen molar-refractivity contribution in [3.63, 3.8) is 0 Å². The SMILES string of the molecule is CN(C)S(=N)(=O)c1cc(C(C)(C)O)cs1. The van der Waals surface area contributed by atoms with Crippen LogP contribution in [-0.2, 0) is 15.5 Å². The molecule has 86 valence electrons. The van der Waals surface area contributed by atoms with Gasteiger partial charge in [-0.15, -0.1) is 11.3 Å². The van der Waals surface area contributed by atoms with Crippen molar-refractivity contribution in [2.24, 2.45) is 0 Å². The molecule has 0 aliphatic heterocycles. The second kappa shape index (κ2) is 3.86. The van der Waals surface area contributed by atoms with Gasteiger partial charge >= 0.3 is 0 Å². The summed E-state index contributed by atoms with van der Waals surface area (Å²) in [5.41, 5.74) is -0.249. The van der Waals surface area contributed by atoms with E-state index >= 15 is 0 Å². The number of thiophene rings is 1. The van der Waals surface area contributed by atoms with Crippen LogP contribution in [0.2, 0.25) is 0 Å². The highest BCUT2D eigenvalue weighted by Crippen LogP contribution is 2.29. The third-order valence-electron chi connectivity index (χ3n) is 2.07. The van der Waals surface area contributed by atoms with Gasteiger partial charge < -0.3 is 5.11 Å². The van der Waals surface area contributed by atoms with Crippen molar-refractivity contribution in [2.45, 2.75) is 23.7 Å². The fraction of sp³-hybridized carbons (Fsp3) is 0.556. The maximum Gasteiger partial charge on any atom is 0.146 e. The monoisotopic (exact) mass is 248 g/mol. The van der Waals surface area contributed by atoms with Gasteiger partial charge in [-0.1, -0.05) is 0 Å². The third kappa shape index (κ3) is 2.57. The van der Waals surface area contributed by atoms with Crippen LogP contribution in [0.3, 0.4) is 0 Å². The predicted octanol–water partition coefficient (Wildman–Crippen LogP) is 1.86. The molecule has 0 aromatic carbocycles. The zero-order valence-corrected chi connectivity index (χ0v) is 10.9. The zero-order chi connectivity index (χ0) is 11.9.